The highest BCUT2D eigenvalue weighted by atomic mass is 32.2. The fourth-order valence-electron chi connectivity index (χ4n) is 2.73. The predicted octanol–water partition coefficient (Wildman–Crippen LogP) is 4.84. The number of hydrogen-bond donors (Lipinski definition) is 0. The van der Waals surface area contributed by atoms with Gasteiger partial charge in [0, 0.05) is 18.2 Å². The van der Waals surface area contributed by atoms with Gasteiger partial charge in [0.1, 0.15) is 0 Å². The van der Waals surface area contributed by atoms with Crippen LogP contribution in [0.3, 0.4) is 0 Å². The number of rotatable bonds is 4. The Bertz CT molecular complexity index is 982. The second kappa shape index (κ2) is 7.75. The lowest BCUT2D eigenvalue weighted by Gasteiger charge is -2.12. The summed E-state index contributed by atoms with van der Waals surface area (Å²) in [5, 5.41) is 11.8. The molecule has 7 heteroatoms. The molecule has 3 rings (SSSR count). The summed E-state index contributed by atoms with van der Waals surface area (Å²) in [5.74, 6) is -0.141. The van der Waals surface area contributed by atoms with E-state index in [0.29, 0.717) is 27.7 Å². The van der Waals surface area contributed by atoms with Gasteiger partial charge < -0.3 is 0 Å². The minimum absolute atomic E-state index is 0.0425. The van der Waals surface area contributed by atoms with Crippen LogP contribution < -0.4 is 0 Å². The topological polar surface area (TPSA) is 75.8 Å². The van der Waals surface area contributed by atoms with Gasteiger partial charge in [0.15, 0.2) is 5.17 Å². The standard InChI is InChI=1S/C20H19N3O3S/c1-4-22-19(24)18(12-15-10-9-14(3)17(11-15)23(25)26)27-20(22)21-16-8-6-5-7-13(16)2/h5-12H,4H2,1-3H3/b18-12+,21-20?. The van der Waals surface area contributed by atoms with Crippen LogP contribution in [0, 0.1) is 24.0 Å². The quantitative estimate of drug-likeness (QED) is 0.432. The van der Waals surface area contributed by atoms with E-state index in [1.165, 1.54) is 17.8 Å². The molecule has 2 aromatic carbocycles. The summed E-state index contributed by atoms with van der Waals surface area (Å²) in [4.78, 5) is 30.2. The number of benzene rings is 2. The number of likely N-dealkylation sites (N-methyl/N-ethyl adjacent to an activating group) is 1. The Kier molecular flexibility index (Phi) is 5.41. The molecule has 0 bridgehead atoms. The van der Waals surface area contributed by atoms with E-state index in [1.807, 2.05) is 38.1 Å². The van der Waals surface area contributed by atoms with Crippen LogP contribution in [0.15, 0.2) is 52.4 Å². The first kappa shape index (κ1) is 18.8. The molecule has 0 N–H and O–H groups in total. The van der Waals surface area contributed by atoms with Crippen molar-refractivity contribution < 1.29 is 9.72 Å². The molecule has 0 atom stereocenters. The van der Waals surface area contributed by atoms with Gasteiger partial charge in [-0.15, -0.1) is 0 Å². The van der Waals surface area contributed by atoms with Gasteiger partial charge in [-0.25, -0.2) is 4.99 Å². The zero-order valence-corrected chi connectivity index (χ0v) is 16.1. The lowest BCUT2D eigenvalue weighted by atomic mass is 10.1. The molecule has 0 unspecified atom stereocenters. The second-order valence-electron chi connectivity index (χ2n) is 6.14. The molecule has 0 radical (unpaired) electrons. The molecular weight excluding hydrogens is 362 g/mol. The van der Waals surface area contributed by atoms with E-state index in [-0.39, 0.29) is 11.6 Å². The molecule has 0 aromatic heterocycles. The molecule has 1 fully saturated rings. The summed E-state index contributed by atoms with van der Waals surface area (Å²) in [6.45, 7) is 6.06. The van der Waals surface area contributed by atoms with Crippen LogP contribution in [0.1, 0.15) is 23.6 Å². The number of carbonyl (C=O) groups excluding carboxylic acids is 1. The molecule has 0 spiro atoms. The maximum absolute atomic E-state index is 12.7. The average Bonchev–Trinajstić information content (AvgIpc) is 2.93. The van der Waals surface area contributed by atoms with Crippen LogP contribution in [-0.4, -0.2) is 27.4 Å². The molecule has 1 amide bonds. The first-order valence-electron chi connectivity index (χ1n) is 8.51. The van der Waals surface area contributed by atoms with Crippen LogP contribution in [0.5, 0.6) is 0 Å². The summed E-state index contributed by atoms with van der Waals surface area (Å²) >= 11 is 1.29. The van der Waals surface area contributed by atoms with E-state index < -0.39 is 4.92 Å². The van der Waals surface area contributed by atoms with Crippen molar-refractivity contribution in [3.63, 3.8) is 0 Å². The van der Waals surface area contributed by atoms with Crippen molar-refractivity contribution >= 4 is 40.3 Å². The molecule has 138 valence electrons. The Morgan fingerprint density at radius 1 is 1.19 bits per heavy atom. The van der Waals surface area contributed by atoms with Crippen LogP contribution in [0.25, 0.3) is 6.08 Å². The van der Waals surface area contributed by atoms with Gasteiger partial charge in [0.25, 0.3) is 11.6 Å². The highest BCUT2D eigenvalue weighted by Gasteiger charge is 2.32. The number of amides is 1. The molecule has 2 aromatic rings. The molecular formula is C20H19N3O3S. The van der Waals surface area contributed by atoms with Crippen molar-refractivity contribution in [1.82, 2.24) is 4.90 Å². The first-order chi connectivity index (χ1) is 12.9. The number of aliphatic imine (C=N–C) groups is 1. The van der Waals surface area contributed by atoms with Crippen molar-refractivity contribution in [3.05, 3.63) is 74.2 Å². The fourth-order valence-corrected chi connectivity index (χ4v) is 3.78. The van der Waals surface area contributed by atoms with Gasteiger partial charge >= 0.3 is 0 Å². The summed E-state index contributed by atoms with van der Waals surface area (Å²) in [5.41, 5.74) is 3.10. The number of aryl methyl sites for hydroxylation is 2. The molecule has 27 heavy (non-hydrogen) atoms. The smallest absolute Gasteiger partial charge is 0.272 e. The predicted molar refractivity (Wildman–Crippen MR) is 109 cm³/mol. The largest absolute Gasteiger partial charge is 0.287 e. The summed E-state index contributed by atoms with van der Waals surface area (Å²) in [6.07, 6.45) is 1.68. The lowest BCUT2D eigenvalue weighted by molar-refractivity contribution is -0.385. The number of nitro benzene ring substituents is 1. The number of thioether (sulfide) groups is 1. The Balaban J connectivity index is 1.97. The van der Waals surface area contributed by atoms with Crippen molar-refractivity contribution in [2.45, 2.75) is 20.8 Å². The van der Waals surface area contributed by atoms with Gasteiger partial charge in [0.2, 0.25) is 0 Å². The fraction of sp³-hybridized carbons (Fsp3) is 0.200. The molecule has 1 saturated heterocycles. The minimum Gasteiger partial charge on any atom is -0.287 e. The van der Waals surface area contributed by atoms with E-state index in [9.17, 15) is 14.9 Å². The van der Waals surface area contributed by atoms with E-state index >= 15 is 0 Å². The molecule has 0 aliphatic carbocycles. The summed E-state index contributed by atoms with van der Waals surface area (Å²) < 4.78 is 0. The van der Waals surface area contributed by atoms with Gasteiger partial charge in [-0.2, -0.15) is 0 Å². The number of hydrogen-bond acceptors (Lipinski definition) is 5. The van der Waals surface area contributed by atoms with E-state index in [1.54, 1.807) is 30.0 Å². The third-order valence-electron chi connectivity index (χ3n) is 4.26. The van der Waals surface area contributed by atoms with E-state index in [0.717, 1.165) is 11.3 Å². The van der Waals surface area contributed by atoms with Crippen molar-refractivity contribution in [3.8, 4) is 0 Å². The number of nitro groups is 1. The van der Waals surface area contributed by atoms with E-state index in [2.05, 4.69) is 4.99 Å². The normalized spacial score (nSPS) is 17.1. The monoisotopic (exact) mass is 381 g/mol. The van der Waals surface area contributed by atoms with Crippen LogP contribution >= 0.6 is 11.8 Å². The summed E-state index contributed by atoms with van der Waals surface area (Å²) in [7, 11) is 0. The van der Waals surface area contributed by atoms with Crippen molar-refractivity contribution in [2.75, 3.05) is 6.54 Å². The van der Waals surface area contributed by atoms with Gasteiger partial charge in [-0.05, 0) is 55.8 Å². The average molecular weight is 381 g/mol. The molecule has 1 aliphatic rings. The lowest BCUT2D eigenvalue weighted by Crippen LogP contribution is -2.28. The zero-order valence-electron chi connectivity index (χ0n) is 15.3. The zero-order chi connectivity index (χ0) is 19.6. The molecule has 0 saturated carbocycles. The summed E-state index contributed by atoms with van der Waals surface area (Å²) in [6, 6.07) is 12.7. The Labute approximate surface area is 161 Å². The number of carbonyl (C=O) groups is 1. The Morgan fingerprint density at radius 2 is 1.93 bits per heavy atom. The minimum atomic E-state index is -0.412. The Hall–Kier alpha value is -2.93. The van der Waals surface area contributed by atoms with Crippen molar-refractivity contribution in [2.24, 2.45) is 4.99 Å². The maximum atomic E-state index is 12.7. The first-order valence-corrected chi connectivity index (χ1v) is 9.33. The van der Waals surface area contributed by atoms with Crippen molar-refractivity contribution in [1.29, 1.82) is 0 Å². The Morgan fingerprint density at radius 3 is 2.59 bits per heavy atom. The van der Waals surface area contributed by atoms with Gasteiger partial charge in [0.05, 0.1) is 15.5 Å². The second-order valence-corrected chi connectivity index (χ2v) is 7.15. The SMILES string of the molecule is CCN1C(=O)/C(=C\c2ccc(C)c([N+](=O)[O-])c2)SC1=Nc1ccccc1C. The third kappa shape index (κ3) is 3.93. The van der Waals surface area contributed by atoms with Gasteiger partial charge in [-0.1, -0.05) is 30.3 Å². The number of amidine groups is 1. The third-order valence-corrected chi connectivity index (χ3v) is 5.27. The number of para-hydroxylation sites is 1. The molecule has 1 heterocycles. The van der Waals surface area contributed by atoms with E-state index in [4.69, 9.17) is 0 Å². The molecule has 1 aliphatic heterocycles. The van der Waals surface area contributed by atoms with Crippen LogP contribution in [-0.2, 0) is 4.79 Å². The van der Waals surface area contributed by atoms with Crippen LogP contribution in [0.4, 0.5) is 11.4 Å². The van der Waals surface area contributed by atoms with Crippen LogP contribution in [0.2, 0.25) is 0 Å². The highest BCUT2D eigenvalue weighted by Crippen LogP contribution is 2.35. The van der Waals surface area contributed by atoms with Gasteiger partial charge in [-0.3, -0.25) is 19.8 Å². The maximum Gasteiger partial charge on any atom is 0.272 e. The molecule has 6 nitrogen and oxygen atoms in total. The number of nitrogens with zero attached hydrogens (tertiary/aromatic N) is 3. The highest BCUT2D eigenvalue weighted by molar-refractivity contribution is 8.18.